The molecule has 0 aliphatic carbocycles. The van der Waals surface area contributed by atoms with Crippen molar-refractivity contribution >= 4 is 0 Å². The molecule has 2 aliphatic rings. The lowest BCUT2D eigenvalue weighted by molar-refractivity contribution is -0.0314. The van der Waals surface area contributed by atoms with Crippen molar-refractivity contribution in [2.24, 2.45) is 0 Å². The van der Waals surface area contributed by atoms with Crippen LogP contribution in [0.4, 0.5) is 0 Å². The van der Waals surface area contributed by atoms with Crippen molar-refractivity contribution in [1.82, 2.24) is 14.7 Å². The number of piperidine rings is 2. The van der Waals surface area contributed by atoms with Crippen LogP contribution in [-0.2, 0) is 6.54 Å². The molecule has 0 radical (unpaired) electrons. The van der Waals surface area contributed by atoms with Crippen molar-refractivity contribution in [1.29, 1.82) is 0 Å². The molecule has 0 amide bonds. The Kier molecular flexibility index (Phi) is 4.19. The number of fused-ring (bicyclic) bond motifs is 2. The van der Waals surface area contributed by atoms with Crippen LogP contribution in [0.25, 0.3) is 5.69 Å². The summed E-state index contributed by atoms with van der Waals surface area (Å²) in [5.74, 6) is 0. The molecule has 1 aromatic carbocycles. The third-order valence-corrected chi connectivity index (χ3v) is 5.88. The highest BCUT2D eigenvalue weighted by atomic mass is 16.3. The molecule has 2 bridgehead atoms. The monoisotopic (exact) mass is 325 g/mol. The summed E-state index contributed by atoms with van der Waals surface area (Å²) in [5.41, 5.74) is 4.84. The third kappa shape index (κ3) is 2.78. The molecule has 2 aliphatic heterocycles. The summed E-state index contributed by atoms with van der Waals surface area (Å²) in [7, 11) is 0. The van der Waals surface area contributed by atoms with Crippen molar-refractivity contribution in [2.45, 2.75) is 70.7 Å². The number of aliphatic hydroxyl groups excluding tert-OH is 1. The Labute approximate surface area is 144 Å². The van der Waals surface area contributed by atoms with Crippen molar-refractivity contribution in [3.63, 3.8) is 0 Å². The molecule has 4 nitrogen and oxygen atoms in total. The van der Waals surface area contributed by atoms with Crippen molar-refractivity contribution < 1.29 is 5.11 Å². The highest BCUT2D eigenvalue weighted by Gasteiger charge is 2.38. The van der Waals surface area contributed by atoms with Crippen LogP contribution in [0, 0.1) is 13.8 Å². The first kappa shape index (κ1) is 15.9. The fraction of sp³-hybridized carbons (Fsp3) is 0.550. The summed E-state index contributed by atoms with van der Waals surface area (Å²) in [6.07, 6.45) is 5.50. The van der Waals surface area contributed by atoms with Crippen LogP contribution in [0.3, 0.4) is 0 Å². The van der Waals surface area contributed by atoms with Crippen LogP contribution in [0.15, 0.2) is 30.3 Å². The zero-order valence-electron chi connectivity index (χ0n) is 14.7. The van der Waals surface area contributed by atoms with Crippen LogP contribution >= 0.6 is 0 Å². The first-order chi connectivity index (χ1) is 11.6. The number of aliphatic hydroxyl groups is 1. The lowest BCUT2D eigenvalue weighted by Gasteiger charge is -2.47. The van der Waals surface area contributed by atoms with Gasteiger partial charge in [0.1, 0.15) is 0 Å². The van der Waals surface area contributed by atoms with Gasteiger partial charge in [-0.1, -0.05) is 24.6 Å². The average Bonchev–Trinajstić information content (AvgIpc) is 2.84. The topological polar surface area (TPSA) is 41.3 Å². The first-order valence-electron chi connectivity index (χ1n) is 9.18. The van der Waals surface area contributed by atoms with Gasteiger partial charge in [-0.25, -0.2) is 4.68 Å². The maximum Gasteiger partial charge on any atom is 0.0648 e. The van der Waals surface area contributed by atoms with Gasteiger partial charge in [-0.15, -0.1) is 0 Å². The van der Waals surface area contributed by atoms with E-state index in [9.17, 15) is 5.11 Å². The lowest BCUT2D eigenvalue weighted by atomic mass is 9.82. The van der Waals surface area contributed by atoms with Crippen molar-refractivity contribution in [3.8, 4) is 5.69 Å². The lowest BCUT2D eigenvalue weighted by Crippen LogP contribution is -2.52. The number of rotatable bonds is 3. The predicted molar refractivity (Wildman–Crippen MR) is 95.2 cm³/mol. The van der Waals surface area contributed by atoms with E-state index >= 15 is 0 Å². The van der Waals surface area contributed by atoms with Gasteiger partial charge in [-0.05, 0) is 51.7 Å². The molecule has 128 valence electrons. The first-order valence-corrected chi connectivity index (χ1v) is 9.18. The Balaban J connectivity index is 1.62. The molecular weight excluding hydrogens is 298 g/mol. The van der Waals surface area contributed by atoms with Gasteiger partial charge in [-0.3, -0.25) is 4.90 Å². The summed E-state index contributed by atoms with van der Waals surface area (Å²) in [5, 5.41) is 14.9. The molecule has 2 aromatic rings. The second-order valence-corrected chi connectivity index (χ2v) is 7.43. The number of hydrogen-bond acceptors (Lipinski definition) is 3. The maximum atomic E-state index is 10.1. The molecule has 3 atom stereocenters. The number of aryl methyl sites for hydroxylation is 1. The molecule has 1 aromatic heterocycles. The van der Waals surface area contributed by atoms with Gasteiger partial charge in [0.25, 0.3) is 0 Å². The van der Waals surface area contributed by atoms with Gasteiger partial charge in [0.15, 0.2) is 0 Å². The Morgan fingerprint density at radius 3 is 2.42 bits per heavy atom. The summed E-state index contributed by atoms with van der Waals surface area (Å²) < 4.78 is 2.07. The van der Waals surface area contributed by atoms with Gasteiger partial charge >= 0.3 is 0 Å². The van der Waals surface area contributed by atoms with E-state index in [1.165, 1.54) is 30.5 Å². The van der Waals surface area contributed by atoms with E-state index in [1.54, 1.807) is 0 Å². The molecule has 0 saturated carbocycles. The molecule has 24 heavy (non-hydrogen) atoms. The Morgan fingerprint density at radius 2 is 1.75 bits per heavy atom. The molecule has 1 unspecified atom stereocenters. The van der Waals surface area contributed by atoms with E-state index in [1.807, 2.05) is 6.07 Å². The Hall–Kier alpha value is -1.65. The fourth-order valence-corrected chi connectivity index (χ4v) is 4.61. The fourth-order valence-electron chi connectivity index (χ4n) is 4.61. The van der Waals surface area contributed by atoms with Crippen LogP contribution in [-0.4, -0.2) is 38.0 Å². The van der Waals surface area contributed by atoms with Gasteiger partial charge in [0.2, 0.25) is 0 Å². The maximum absolute atomic E-state index is 10.1. The largest absolute Gasteiger partial charge is 0.393 e. The highest BCUT2D eigenvalue weighted by molar-refractivity contribution is 5.37. The van der Waals surface area contributed by atoms with Crippen molar-refractivity contribution in [2.75, 3.05) is 0 Å². The van der Waals surface area contributed by atoms with E-state index in [-0.39, 0.29) is 6.10 Å². The smallest absolute Gasteiger partial charge is 0.0648 e. The van der Waals surface area contributed by atoms with Gasteiger partial charge < -0.3 is 5.11 Å². The Morgan fingerprint density at radius 1 is 1.08 bits per heavy atom. The minimum atomic E-state index is -0.106. The van der Waals surface area contributed by atoms with Crippen LogP contribution in [0.5, 0.6) is 0 Å². The second-order valence-electron chi connectivity index (χ2n) is 7.43. The van der Waals surface area contributed by atoms with Gasteiger partial charge in [0.05, 0.1) is 17.5 Å². The number of hydrogen-bond donors (Lipinski definition) is 1. The molecule has 4 rings (SSSR count). The highest BCUT2D eigenvalue weighted by Crippen LogP contribution is 2.36. The second kappa shape index (κ2) is 6.34. The van der Waals surface area contributed by atoms with E-state index < -0.39 is 0 Å². The standard InChI is InChI=1S/C20H27N3O/c1-14-20(15(2)23(21-14)16-7-4-3-5-8-16)13-22-17-9-6-10-18(22)12-19(24)11-17/h3-5,7-8,17-19,24H,6,9-13H2,1-2H3/t17-,18+,19?. The number of nitrogens with zero attached hydrogens (tertiary/aromatic N) is 3. The van der Waals surface area contributed by atoms with Crippen LogP contribution in [0.1, 0.15) is 49.1 Å². The van der Waals surface area contributed by atoms with Crippen LogP contribution < -0.4 is 0 Å². The van der Waals surface area contributed by atoms with E-state index in [0.717, 1.165) is 30.8 Å². The summed E-state index contributed by atoms with van der Waals surface area (Å²) in [6.45, 7) is 5.26. The molecular formula is C20H27N3O. The molecule has 0 spiro atoms. The zero-order valence-corrected chi connectivity index (χ0v) is 14.7. The SMILES string of the molecule is Cc1nn(-c2ccccc2)c(C)c1CN1[C@@H]2CCC[C@H]1CC(O)C2. The molecule has 4 heteroatoms. The Bertz CT molecular complexity index is 695. The number of aromatic nitrogens is 2. The molecule has 3 heterocycles. The summed E-state index contributed by atoms with van der Waals surface area (Å²) in [4.78, 5) is 2.64. The molecule has 1 N–H and O–H groups in total. The minimum Gasteiger partial charge on any atom is -0.393 e. The van der Waals surface area contributed by atoms with E-state index in [4.69, 9.17) is 5.10 Å². The van der Waals surface area contributed by atoms with Gasteiger partial charge in [0, 0.05) is 29.9 Å². The van der Waals surface area contributed by atoms with Crippen molar-refractivity contribution in [3.05, 3.63) is 47.3 Å². The quantitative estimate of drug-likeness (QED) is 0.941. The van der Waals surface area contributed by atoms with Gasteiger partial charge in [-0.2, -0.15) is 5.10 Å². The van der Waals surface area contributed by atoms with E-state index in [0.29, 0.717) is 12.1 Å². The minimum absolute atomic E-state index is 0.106. The van der Waals surface area contributed by atoms with E-state index in [2.05, 4.69) is 47.7 Å². The number of para-hydroxylation sites is 1. The number of benzene rings is 1. The molecule has 2 saturated heterocycles. The zero-order chi connectivity index (χ0) is 16.7. The van der Waals surface area contributed by atoms with Crippen LogP contribution in [0.2, 0.25) is 0 Å². The predicted octanol–water partition coefficient (Wildman–Crippen LogP) is 3.37. The summed E-state index contributed by atoms with van der Waals surface area (Å²) >= 11 is 0. The third-order valence-electron chi connectivity index (χ3n) is 5.88. The average molecular weight is 325 g/mol. The normalized spacial score (nSPS) is 27.4. The molecule has 2 fully saturated rings. The summed E-state index contributed by atoms with van der Waals surface area (Å²) in [6, 6.07) is 11.4.